The first-order chi connectivity index (χ1) is 21.3. The van der Waals surface area contributed by atoms with E-state index in [4.69, 9.17) is 10.1 Å². The summed E-state index contributed by atoms with van der Waals surface area (Å²) in [5.74, 6) is 0.709. The molecular formula is C33H45N7O4. The molecule has 1 saturated heterocycles. The fourth-order valence-electron chi connectivity index (χ4n) is 6.53. The summed E-state index contributed by atoms with van der Waals surface area (Å²) < 4.78 is 1.72. The van der Waals surface area contributed by atoms with Crippen LogP contribution in [0.15, 0.2) is 29.3 Å². The molecular weight excluding hydrogens is 558 g/mol. The molecule has 1 aliphatic heterocycles. The molecule has 4 heterocycles. The van der Waals surface area contributed by atoms with Crippen molar-refractivity contribution in [2.24, 2.45) is 0 Å². The smallest absolute Gasteiger partial charge is 0.263 e. The summed E-state index contributed by atoms with van der Waals surface area (Å²) >= 11 is 0. The summed E-state index contributed by atoms with van der Waals surface area (Å²) in [4.78, 5) is 55.9. The van der Waals surface area contributed by atoms with Crippen LogP contribution >= 0.6 is 0 Å². The van der Waals surface area contributed by atoms with Crippen molar-refractivity contribution in [3.63, 3.8) is 0 Å². The van der Waals surface area contributed by atoms with Gasteiger partial charge < -0.3 is 15.3 Å². The molecule has 0 bridgehead atoms. The Morgan fingerprint density at radius 3 is 2.39 bits per heavy atom. The minimum absolute atomic E-state index is 0.0339. The molecule has 1 saturated carbocycles. The van der Waals surface area contributed by atoms with Crippen LogP contribution in [0.3, 0.4) is 0 Å². The topological polar surface area (TPSA) is 134 Å². The first-order valence-corrected chi connectivity index (χ1v) is 16.1. The highest BCUT2D eigenvalue weighted by molar-refractivity contribution is 5.99. The van der Waals surface area contributed by atoms with Gasteiger partial charge in [-0.15, -0.1) is 0 Å². The number of nitrogens with one attached hydrogen (secondary N) is 1. The Morgan fingerprint density at radius 1 is 0.977 bits per heavy atom. The Labute approximate surface area is 258 Å². The van der Waals surface area contributed by atoms with Crippen molar-refractivity contribution in [3.8, 4) is 0 Å². The van der Waals surface area contributed by atoms with Crippen molar-refractivity contribution < 1.29 is 14.7 Å². The number of aromatic nitrogens is 4. The van der Waals surface area contributed by atoms with E-state index in [9.17, 15) is 14.4 Å². The molecule has 3 aromatic rings. The number of pyridine rings is 2. The number of piperazine rings is 1. The van der Waals surface area contributed by atoms with Crippen LogP contribution in [0.4, 0.5) is 11.8 Å². The van der Waals surface area contributed by atoms with E-state index in [1.807, 2.05) is 12.3 Å². The van der Waals surface area contributed by atoms with Gasteiger partial charge in [-0.2, -0.15) is 4.98 Å². The molecule has 0 unspecified atom stereocenters. The molecule has 5 rings (SSSR count). The maximum atomic E-state index is 13.5. The number of carbonyl (C=O) groups is 2. The molecule has 11 nitrogen and oxygen atoms in total. The molecule has 0 amide bonds. The van der Waals surface area contributed by atoms with Crippen molar-refractivity contribution in [2.75, 3.05) is 44.6 Å². The number of nitrogens with zero attached hydrogens (tertiary/aromatic N) is 6. The monoisotopic (exact) mass is 603 g/mol. The molecule has 0 atom stereocenters. The summed E-state index contributed by atoms with van der Waals surface area (Å²) in [7, 11) is 0. The van der Waals surface area contributed by atoms with Gasteiger partial charge in [-0.25, -0.2) is 9.97 Å². The molecule has 44 heavy (non-hydrogen) atoms. The molecule has 11 heteroatoms. The number of anilines is 2. The van der Waals surface area contributed by atoms with Crippen molar-refractivity contribution in [1.82, 2.24) is 29.3 Å². The van der Waals surface area contributed by atoms with E-state index in [2.05, 4.69) is 31.2 Å². The van der Waals surface area contributed by atoms with Crippen molar-refractivity contribution >= 4 is 34.4 Å². The molecule has 0 spiro atoms. The van der Waals surface area contributed by atoms with Gasteiger partial charge >= 0.3 is 0 Å². The fraction of sp³-hybridized carbons (Fsp3) is 0.576. The Balaban J connectivity index is 1.15. The minimum atomic E-state index is -0.335. The van der Waals surface area contributed by atoms with E-state index in [1.54, 1.807) is 17.7 Å². The van der Waals surface area contributed by atoms with Crippen LogP contribution in [0.25, 0.3) is 11.0 Å². The lowest BCUT2D eigenvalue weighted by Crippen LogP contribution is -2.46. The number of hydrogen-bond donors (Lipinski definition) is 2. The lowest BCUT2D eigenvalue weighted by atomic mass is 10.0. The minimum Gasteiger partial charge on any atom is -0.389 e. The third-order valence-corrected chi connectivity index (χ3v) is 9.04. The molecule has 236 valence electrons. The van der Waals surface area contributed by atoms with Gasteiger partial charge in [0.25, 0.3) is 5.56 Å². The summed E-state index contributed by atoms with van der Waals surface area (Å²) in [6, 6.07) is 4.04. The lowest BCUT2D eigenvalue weighted by molar-refractivity contribution is -0.121. The highest BCUT2D eigenvalue weighted by Crippen LogP contribution is 2.32. The predicted octanol–water partition coefficient (Wildman–Crippen LogP) is 4.19. The number of carbonyl (C=O) groups excluding carboxylic acids is 2. The van der Waals surface area contributed by atoms with Gasteiger partial charge in [0.15, 0.2) is 11.6 Å². The second-order valence-electron chi connectivity index (χ2n) is 12.3. The number of rotatable bonds is 14. The van der Waals surface area contributed by atoms with Gasteiger partial charge in [0.1, 0.15) is 18.1 Å². The van der Waals surface area contributed by atoms with E-state index >= 15 is 0 Å². The number of hydrogen-bond acceptors (Lipinski definition) is 10. The summed E-state index contributed by atoms with van der Waals surface area (Å²) in [5.41, 5.74) is 2.31. The Kier molecular flexibility index (Phi) is 10.8. The summed E-state index contributed by atoms with van der Waals surface area (Å²) in [6.45, 7) is 8.98. The zero-order valence-corrected chi connectivity index (χ0v) is 26.1. The molecule has 3 aromatic heterocycles. The maximum absolute atomic E-state index is 13.5. The van der Waals surface area contributed by atoms with Gasteiger partial charge in [-0.05, 0) is 63.3 Å². The SMILES string of the molecule is CC(=O)c1c(C)c2cnc(Nc3ccc(CN4CCN(CCCCCCC(=O)CO)CC4)cn3)nc2n(C2CCCC2)c1=O. The number of Topliss-reactive ketones (excluding diaryl/α,β-unsaturated/α-hetero) is 2. The number of aryl methyl sites for hydroxylation is 1. The second-order valence-corrected chi connectivity index (χ2v) is 12.3. The first kappa shape index (κ1) is 31.9. The zero-order valence-electron chi connectivity index (χ0n) is 26.1. The number of aliphatic hydroxyl groups excluding tert-OH is 1. The van der Waals surface area contributed by atoms with Crippen LogP contribution in [0, 0.1) is 6.92 Å². The number of unbranched alkanes of at least 4 members (excludes halogenated alkanes) is 3. The highest BCUT2D eigenvalue weighted by Gasteiger charge is 2.26. The zero-order chi connectivity index (χ0) is 31.1. The lowest BCUT2D eigenvalue weighted by Gasteiger charge is -2.34. The number of ketones is 2. The number of fused-ring (bicyclic) bond motifs is 1. The quantitative estimate of drug-likeness (QED) is 0.204. The maximum Gasteiger partial charge on any atom is 0.263 e. The van der Waals surface area contributed by atoms with Crippen LogP contribution in [0.5, 0.6) is 0 Å². The first-order valence-electron chi connectivity index (χ1n) is 16.1. The fourth-order valence-corrected chi connectivity index (χ4v) is 6.53. The van der Waals surface area contributed by atoms with Crippen LogP contribution in [-0.4, -0.2) is 85.3 Å². The van der Waals surface area contributed by atoms with E-state index in [0.29, 0.717) is 29.4 Å². The highest BCUT2D eigenvalue weighted by atomic mass is 16.3. The standard InChI is InChI=1S/C33H45N7O4/c1-23-28-20-35-33(37-31(28)40(26-9-6-7-10-26)32(44)30(23)24(2)42)36-29-13-12-25(19-34-29)21-39-17-15-38(16-18-39)14-8-4-3-5-11-27(43)22-41/h12-13,19-20,26,41H,3-11,14-18,21-22H2,1-2H3,(H,34,35,36,37). The van der Waals surface area contributed by atoms with Crippen molar-refractivity contribution in [2.45, 2.75) is 84.2 Å². The van der Waals surface area contributed by atoms with E-state index in [-0.39, 0.29) is 35.3 Å². The van der Waals surface area contributed by atoms with E-state index < -0.39 is 0 Å². The molecule has 2 N–H and O–H groups in total. The molecule has 1 aliphatic carbocycles. The average molecular weight is 604 g/mol. The Morgan fingerprint density at radius 2 is 1.70 bits per heavy atom. The van der Waals surface area contributed by atoms with Crippen LogP contribution in [0.2, 0.25) is 0 Å². The predicted molar refractivity (Wildman–Crippen MR) is 170 cm³/mol. The van der Waals surface area contributed by atoms with Crippen molar-refractivity contribution in [1.29, 1.82) is 0 Å². The Hall–Kier alpha value is -3.54. The molecule has 0 radical (unpaired) electrons. The van der Waals surface area contributed by atoms with E-state index in [1.165, 1.54) is 6.92 Å². The van der Waals surface area contributed by atoms with E-state index in [0.717, 1.165) is 102 Å². The van der Waals surface area contributed by atoms with Gasteiger partial charge in [0.05, 0.1) is 5.56 Å². The molecule has 2 aliphatic rings. The molecule has 0 aromatic carbocycles. The normalized spacial score (nSPS) is 16.5. The molecule has 2 fully saturated rings. The Bertz CT molecular complexity index is 1510. The largest absolute Gasteiger partial charge is 0.389 e. The van der Waals surface area contributed by atoms with Crippen LogP contribution in [-0.2, 0) is 11.3 Å². The van der Waals surface area contributed by atoms with Gasteiger partial charge in [0.2, 0.25) is 5.95 Å². The van der Waals surface area contributed by atoms with Crippen LogP contribution < -0.4 is 10.9 Å². The van der Waals surface area contributed by atoms with Crippen molar-refractivity contribution in [3.05, 3.63) is 51.6 Å². The third kappa shape index (κ3) is 7.75. The number of aliphatic hydroxyl groups is 1. The average Bonchev–Trinajstić information content (AvgIpc) is 3.55. The van der Waals surface area contributed by atoms with Crippen LogP contribution in [0.1, 0.15) is 92.2 Å². The summed E-state index contributed by atoms with van der Waals surface area (Å²) in [5, 5.41) is 12.7. The summed E-state index contributed by atoms with van der Waals surface area (Å²) in [6.07, 6.45) is 12.2. The second kappa shape index (κ2) is 15.0. The van der Waals surface area contributed by atoms with Gasteiger partial charge in [-0.1, -0.05) is 31.7 Å². The van der Waals surface area contributed by atoms with Gasteiger partial charge in [0, 0.05) is 63.0 Å². The van der Waals surface area contributed by atoms with Gasteiger partial charge in [-0.3, -0.25) is 23.9 Å². The third-order valence-electron chi connectivity index (χ3n) is 9.04.